The molecule has 0 aliphatic rings. The van der Waals surface area contributed by atoms with Gasteiger partial charge in [0, 0.05) is 18.5 Å². The molecular weight excluding hydrogens is 298 g/mol. The Morgan fingerprint density at radius 1 is 1.41 bits per heavy atom. The van der Waals surface area contributed by atoms with Crippen LogP contribution in [0.15, 0.2) is 20.9 Å². The number of halogens is 1. The zero-order valence-corrected chi connectivity index (χ0v) is 13.0. The maximum Gasteiger partial charge on any atom is 0.191 e. The summed E-state index contributed by atoms with van der Waals surface area (Å²) in [5.74, 6) is 1.59. The number of hydrogen-bond acceptors (Lipinski definition) is 2. The Morgan fingerprint density at radius 2 is 2.18 bits per heavy atom. The Balaban J connectivity index is 2.28. The zero-order valence-electron chi connectivity index (χ0n) is 10.6. The van der Waals surface area contributed by atoms with Gasteiger partial charge in [0.25, 0.3) is 0 Å². The van der Waals surface area contributed by atoms with Crippen molar-refractivity contribution < 1.29 is 0 Å². The van der Waals surface area contributed by atoms with Crippen molar-refractivity contribution in [3.8, 4) is 0 Å². The highest BCUT2D eigenvalue weighted by atomic mass is 79.9. The Morgan fingerprint density at radius 3 is 2.71 bits per heavy atom. The molecule has 0 aromatic carbocycles. The van der Waals surface area contributed by atoms with Crippen molar-refractivity contribution in [1.82, 2.24) is 10.6 Å². The lowest BCUT2D eigenvalue weighted by Crippen LogP contribution is -2.37. The van der Waals surface area contributed by atoms with Crippen molar-refractivity contribution in [3.05, 3.63) is 20.8 Å². The molecule has 0 saturated carbocycles. The van der Waals surface area contributed by atoms with Crippen molar-refractivity contribution in [2.24, 2.45) is 10.9 Å². The quantitative estimate of drug-likeness (QED) is 0.646. The number of nitrogens with zero attached hydrogens (tertiary/aromatic N) is 1. The molecule has 96 valence electrons. The van der Waals surface area contributed by atoms with Gasteiger partial charge in [-0.3, -0.25) is 4.99 Å². The van der Waals surface area contributed by atoms with Gasteiger partial charge in [0.2, 0.25) is 0 Å². The van der Waals surface area contributed by atoms with E-state index < -0.39 is 0 Å². The van der Waals surface area contributed by atoms with Gasteiger partial charge in [0.15, 0.2) is 5.96 Å². The molecule has 0 aliphatic carbocycles. The summed E-state index contributed by atoms with van der Waals surface area (Å²) >= 11 is 5.20. The summed E-state index contributed by atoms with van der Waals surface area (Å²) in [6.45, 7) is 6.23. The van der Waals surface area contributed by atoms with Gasteiger partial charge >= 0.3 is 0 Å². The molecule has 0 bridgehead atoms. The third kappa shape index (κ3) is 6.07. The summed E-state index contributed by atoms with van der Waals surface area (Å²) < 4.78 is 1.16. The lowest BCUT2D eigenvalue weighted by atomic mass is 10.1. The normalized spacial score (nSPS) is 11.9. The number of aliphatic imine (C=N–C) groups is 1. The topological polar surface area (TPSA) is 36.4 Å². The first kappa shape index (κ1) is 14.5. The van der Waals surface area contributed by atoms with Crippen LogP contribution in [-0.4, -0.2) is 19.6 Å². The lowest BCUT2D eigenvalue weighted by Gasteiger charge is -2.12. The summed E-state index contributed by atoms with van der Waals surface area (Å²) in [6.07, 6.45) is 1.16. The van der Waals surface area contributed by atoms with E-state index in [1.54, 1.807) is 18.4 Å². The summed E-state index contributed by atoms with van der Waals surface area (Å²) in [5, 5.41) is 6.61. The number of hydrogen-bond donors (Lipinski definition) is 2. The maximum atomic E-state index is 4.19. The van der Waals surface area contributed by atoms with E-state index in [-0.39, 0.29) is 0 Å². The van der Waals surface area contributed by atoms with Crippen molar-refractivity contribution >= 4 is 33.2 Å². The van der Waals surface area contributed by atoms with E-state index in [1.165, 1.54) is 4.88 Å². The number of guanidine groups is 1. The molecule has 0 atom stereocenters. The second kappa shape index (κ2) is 7.71. The van der Waals surface area contributed by atoms with Gasteiger partial charge in [-0.1, -0.05) is 13.8 Å². The van der Waals surface area contributed by atoms with E-state index in [9.17, 15) is 0 Å². The molecule has 1 rings (SSSR count). The predicted octanol–water partition coefficient (Wildman–Crippen LogP) is 3.22. The molecule has 1 aromatic heterocycles. The Hall–Kier alpha value is -0.550. The second-order valence-corrected chi connectivity index (χ2v) is 6.79. The van der Waals surface area contributed by atoms with E-state index in [4.69, 9.17) is 0 Å². The van der Waals surface area contributed by atoms with Crippen LogP contribution in [0.4, 0.5) is 0 Å². The van der Waals surface area contributed by atoms with E-state index in [0.717, 1.165) is 29.3 Å². The second-order valence-electron chi connectivity index (χ2n) is 4.24. The molecule has 5 heteroatoms. The molecule has 0 aliphatic heterocycles. The highest BCUT2D eigenvalue weighted by molar-refractivity contribution is 9.11. The third-order valence-electron chi connectivity index (χ3n) is 2.30. The van der Waals surface area contributed by atoms with Crippen LogP contribution >= 0.6 is 27.3 Å². The van der Waals surface area contributed by atoms with Crippen LogP contribution in [0.2, 0.25) is 0 Å². The number of thiophene rings is 1. The molecule has 2 N–H and O–H groups in total. The van der Waals surface area contributed by atoms with Crippen LogP contribution in [0, 0.1) is 5.92 Å². The first-order valence-corrected chi connectivity index (χ1v) is 7.41. The van der Waals surface area contributed by atoms with Crippen LogP contribution in [0.1, 0.15) is 25.1 Å². The molecule has 0 saturated heterocycles. The fraction of sp³-hybridized carbons (Fsp3) is 0.583. The van der Waals surface area contributed by atoms with Crippen LogP contribution in [0.25, 0.3) is 0 Å². The Bertz CT molecular complexity index is 360. The zero-order chi connectivity index (χ0) is 12.7. The minimum Gasteiger partial charge on any atom is -0.356 e. The van der Waals surface area contributed by atoms with Gasteiger partial charge in [-0.05, 0) is 40.4 Å². The van der Waals surface area contributed by atoms with Gasteiger partial charge in [0.05, 0.1) is 10.3 Å². The highest BCUT2D eigenvalue weighted by Gasteiger charge is 2.01. The number of rotatable bonds is 5. The average molecular weight is 318 g/mol. The van der Waals surface area contributed by atoms with Gasteiger partial charge in [-0.2, -0.15) is 0 Å². The van der Waals surface area contributed by atoms with Gasteiger partial charge in [-0.25, -0.2) is 0 Å². The summed E-state index contributed by atoms with van der Waals surface area (Å²) in [5.41, 5.74) is 0. The SMILES string of the molecule is CN=C(NCCC(C)C)NCc1ccc(Br)s1. The van der Waals surface area contributed by atoms with Gasteiger partial charge < -0.3 is 10.6 Å². The molecule has 0 radical (unpaired) electrons. The summed E-state index contributed by atoms with van der Waals surface area (Å²) in [6, 6.07) is 4.18. The molecule has 3 nitrogen and oxygen atoms in total. The smallest absolute Gasteiger partial charge is 0.191 e. The predicted molar refractivity (Wildman–Crippen MR) is 79.7 cm³/mol. The molecule has 1 aromatic rings. The van der Waals surface area contributed by atoms with Crippen molar-refractivity contribution in [2.45, 2.75) is 26.8 Å². The fourth-order valence-corrected chi connectivity index (χ4v) is 2.74. The first-order chi connectivity index (χ1) is 8.11. The van der Waals surface area contributed by atoms with Crippen molar-refractivity contribution in [1.29, 1.82) is 0 Å². The summed E-state index contributed by atoms with van der Waals surface area (Å²) in [4.78, 5) is 5.49. The minimum atomic E-state index is 0.717. The van der Waals surface area contributed by atoms with Crippen molar-refractivity contribution in [3.63, 3.8) is 0 Å². The Labute approximate surface area is 116 Å². The minimum absolute atomic E-state index is 0.717. The molecule has 0 fully saturated rings. The molecule has 17 heavy (non-hydrogen) atoms. The number of nitrogens with one attached hydrogen (secondary N) is 2. The van der Waals surface area contributed by atoms with Crippen LogP contribution in [0.5, 0.6) is 0 Å². The van der Waals surface area contributed by atoms with Gasteiger partial charge in [-0.15, -0.1) is 11.3 Å². The van der Waals surface area contributed by atoms with E-state index in [0.29, 0.717) is 5.92 Å². The van der Waals surface area contributed by atoms with E-state index in [2.05, 4.69) is 57.5 Å². The third-order valence-corrected chi connectivity index (χ3v) is 3.92. The van der Waals surface area contributed by atoms with Crippen molar-refractivity contribution in [2.75, 3.05) is 13.6 Å². The van der Waals surface area contributed by atoms with Gasteiger partial charge in [0.1, 0.15) is 0 Å². The maximum absolute atomic E-state index is 4.19. The largest absolute Gasteiger partial charge is 0.356 e. The highest BCUT2D eigenvalue weighted by Crippen LogP contribution is 2.21. The standard InChI is InChI=1S/C12H20BrN3S/c1-9(2)6-7-15-12(14-3)16-8-10-4-5-11(13)17-10/h4-5,9H,6-8H2,1-3H3,(H2,14,15,16). The van der Waals surface area contributed by atoms with E-state index in [1.807, 2.05) is 0 Å². The molecule has 0 unspecified atom stereocenters. The van der Waals surface area contributed by atoms with Crippen LogP contribution in [0.3, 0.4) is 0 Å². The molecule has 0 amide bonds. The average Bonchev–Trinajstić information content (AvgIpc) is 2.69. The summed E-state index contributed by atoms with van der Waals surface area (Å²) in [7, 11) is 1.80. The molecule has 0 spiro atoms. The monoisotopic (exact) mass is 317 g/mol. The van der Waals surface area contributed by atoms with E-state index >= 15 is 0 Å². The first-order valence-electron chi connectivity index (χ1n) is 5.80. The van der Waals surface area contributed by atoms with Crippen LogP contribution in [-0.2, 0) is 6.54 Å². The lowest BCUT2D eigenvalue weighted by molar-refractivity contribution is 0.574. The Kier molecular flexibility index (Phi) is 6.58. The van der Waals surface area contributed by atoms with Crippen LogP contribution < -0.4 is 10.6 Å². The molecular formula is C12H20BrN3S. The molecule has 1 heterocycles. The fourth-order valence-electron chi connectivity index (χ4n) is 1.32.